The Morgan fingerprint density at radius 3 is 2.33 bits per heavy atom. The van der Waals surface area contributed by atoms with Crippen LogP contribution in [0.1, 0.15) is 37.2 Å². The van der Waals surface area contributed by atoms with E-state index in [2.05, 4.69) is 57.3 Å². The minimum absolute atomic E-state index is 0.770. The van der Waals surface area contributed by atoms with Crippen molar-refractivity contribution in [1.29, 1.82) is 0 Å². The Labute approximate surface area is 122 Å². The van der Waals surface area contributed by atoms with Crippen LogP contribution in [0.3, 0.4) is 0 Å². The Hall–Kier alpha value is 0.01000. The highest BCUT2D eigenvalue weighted by Crippen LogP contribution is 2.38. The minimum Gasteiger partial charge on any atom is -0.311 e. The van der Waals surface area contributed by atoms with E-state index in [1.54, 1.807) is 0 Å². The molecule has 1 aromatic rings. The molecule has 1 nitrogen and oxygen atoms in total. The summed E-state index contributed by atoms with van der Waals surface area (Å²) in [6.45, 7) is 0. The van der Waals surface area contributed by atoms with E-state index in [0.29, 0.717) is 0 Å². The molecule has 0 aromatic heterocycles. The molecule has 3 heteroatoms. The Morgan fingerprint density at radius 1 is 1.00 bits per heavy atom. The molecule has 1 aliphatic carbocycles. The van der Waals surface area contributed by atoms with Crippen LogP contribution < -0.4 is 5.32 Å². The van der Waals surface area contributed by atoms with Crippen molar-refractivity contribution in [2.24, 2.45) is 0 Å². The number of hydrogen-bond donors (Lipinski definition) is 1. The molecule has 0 radical (unpaired) electrons. The van der Waals surface area contributed by atoms with Gasteiger partial charge in [0.15, 0.2) is 0 Å². The first-order valence-electron chi connectivity index (χ1n) is 6.90. The second-order valence-electron chi connectivity index (χ2n) is 5.47. The summed E-state index contributed by atoms with van der Waals surface area (Å²) in [6.07, 6.45) is 5.38. The molecule has 2 aliphatic rings. The van der Waals surface area contributed by atoms with Crippen LogP contribution in [0, 0.1) is 0 Å². The van der Waals surface area contributed by atoms with Crippen LogP contribution >= 0.6 is 27.7 Å². The first-order chi connectivity index (χ1) is 8.81. The second kappa shape index (κ2) is 5.98. The summed E-state index contributed by atoms with van der Waals surface area (Å²) in [5.74, 6) is 3.48. The number of thioether (sulfide) groups is 1. The van der Waals surface area contributed by atoms with Gasteiger partial charge in [0.2, 0.25) is 0 Å². The molecule has 0 atom stereocenters. The molecular weight excluding hydrogens is 306 g/mol. The molecule has 1 heterocycles. The number of rotatable bonds is 3. The Bertz CT molecular complexity index is 380. The van der Waals surface area contributed by atoms with Crippen molar-refractivity contribution in [2.75, 3.05) is 11.5 Å². The van der Waals surface area contributed by atoms with Crippen LogP contribution in [0.25, 0.3) is 0 Å². The summed E-state index contributed by atoms with van der Waals surface area (Å²) in [6, 6.07) is 10.4. The average molecular weight is 326 g/mol. The summed E-state index contributed by atoms with van der Waals surface area (Å²) in [4.78, 5) is 0. The summed E-state index contributed by atoms with van der Waals surface area (Å²) in [7, 11) is 0. The molecule has 1 aromatic carbocycles. The van der Waals surface area contributed by atoms with Crippen molar-refractivity contribution in [1.82, 2.24) is 5.32 Å². The van der Waals surface area contributed by atoms with E-state index in [1.165, 1.54) is 47.2 Å². The van der Waals surface area contributed by atoms with Crippen molar-refractivity contribution in [3.05, 3.63) is 34.3 Å². The van der Waals surface area contributed by atoms with E-state index in [-0.39, 0.29) is 0 Å². The topological polar surface area (TPSA) is 12.0 Å². The maximum atomic E-state index is 3.84. The van der Waals surface area contributed by atoms with Crippen LogP contribution in [-0.2, 0) is 0 Å². The van der Waals surface area contributed by atoms with Gasteiger partial charge in [0.1, 0.15) is 0 Å². The summed E-state index contributed by atoms with van der Waals surface area (Å²) < 4.78 is 1.18. The van der Waals surface area contributed by atoms with Gasteiger partial charge in [-0.2, -0.15) is 11.8 Å². The summed E-state index contributed by atoms with van der Waals surface area (Å²) >= 11 is 5.60. The van der Waals surface area contributed by atoms with E-state index in [9.17, 15) is 0 Å². The molecule has 3 rings (SSSR count). The van der Waals surface area contributed by atoms with Crippen LogP contribution in [-0.4, -0.2) is 23.6 Å². The third-order valence-electron chi connectivity index (χ3n) is 4.17. The minimum atomic E-state index is 0.770. The zero-order valence-corrected chi connectivity index (χ0v) is 13.0. The Kier molecular flexibility index (Phi) is 4.32. The summed E-state index contributed by atoms with van der Waals surface area (Å²) in [5, 5.41) is 3.84. The van der Waals surface area contributed by atoms with Crippen molar-refractivity contribution < 1.29 is 0 Å². The van der Waals surface area contributed by atoms with Gasteiger partial charge in [0.05, 0.1) is 0 Å². The average Bonchev–Trinajstić information content (AvgIpc) is 2.36. The fourth-order valence-corrected chi connectivity index (χ4v) is 4.33. The lowest BCUT2D eigenvalue weighted by Gasteiger charge is -2.39. The Morgan fingerprint density at radius 2 is 1.67 bits per heavy atom. The maximum Gasteiger partial charge on any atom is 0.0175 e. The first kappa shape index (κ1) is 13.0. The van der Waals surface area contributed by atoms with Crippen molar-refractivity contribution in [2.45, 2.75) is 43.7 Å². The predicted molar refractivity (Wildman–Crippen MR) is 83.4 cm³/mol. The van der Waals surface area contributed by atoms with Gasteiger partial charge in [-0.05, 0) is 60.8 Å². The number of hydrogen-bond acceptors (Lipinski definition) is 2. The van der Waals surface area contributed by atoms with Gasteiger partial charge in [0, 0.05) is 16.6 Å². The smallest absolute Gasteiger partial charge is 0.0175 e. The van der Waals surface area contributed by atoms with Crippen LogP contribution in [0.5, 0.6) is 0 Å². The monoisotopic (exact) mass is 325 g/mol. The second-order valence-corrected chi connectivity index (χ2v) is 7.61. The largest absolute Gasteiger partial charge is 0.311 e. The van der Waals surface area contributed by atoms with Crippen molar-refractivity contribution in [3.63, 3.8) is 0 Å². The molecule has 18 heavy (non-hydrogen) atoms. The van der Waals surface area contributed by atoms with Crippen LogP contribution in [0.15, 0.2) is 28.7 Å². The quantitative estimate of drug-likeness (QED) is 0.894. The fourth-order valence-electron chi connectivity index (χ4n) is 2.96. The molecule has 1 saturated carbocycles. The molecule has 1 N–H and O–H groups in total. The lowest BCUT2D eigenvalue weighted by atomic mass is 9.75. The zero-order valence-electron chi connectivity index (χ0n) is 10.6. The fraction of sp³-hybridized carbons (Fsp3) is 0.600. The van der Waals surface area contributed by atoms with Gasteiger partial charge in [-0.3, -0.25) is 0 Å². The number of benzene rings is 1. The zero-order chi connectivity index (χ0) is 12.4. The van der Waals surface area contributed by atoms with Gasteiger partial charge in [-0.25, -0.2) is 0 Å². The number of nitrogens with one attached hydrogen (secondary N) is 1. The third kappa shape index (κ3) is 3.12. The normalized spacial score (nSPS) is 28.9. The molecule has 98 valence electrons. The van der Waals surface area contributed by atoms with E-state index in [0.717, 1.165) is 18.0 Å². The lowest BCUT2D eigenvalue weighted by molar-refractivity contribution is 0.258. The maximum absolute atomic E-state index is 3.84. The molecule has 0 spiro atoms. The van der Waals surface area contributed by atoms with Gasteiger partial charge in [0.25, 0.3) is 0 Å². The molecule has 2 fully saturated rings. The van der Waals surface area contributed by atoms with Gasteiger partial charge >= 0.3 is 0 Å². The van der Waals surface area contributed by atoms with Crippen molar-refractivity contribution in [3.8, 4) is 0 Å². The molecule has 1 saturated heterocycles. The Balaban J connectivity index is 1.46. The molecule has 0 bridgehead atoms. The number of halogens is 1. The highest BCUT2D eigenvalue weighted by molar-refractivity contribution is 9.10. The molecule has 1 aliphatic heterocycles. The summed E-state index contributed by atoms with van der Waals surface area (Å²) in [5.41, 5.74) is 1.51. The highest BCUT2D eigenvalue weighted by Gasteiger charge is 2.31. The predicted octanol–water partition coefficient (Wildman–Crippen LogP) is 4.18. The van der Waals surface area contributed by atoms with Gasteiger partial charge in [-0.15, -0.1) is 0 Å². The first-order valence-corrected chi connectivity index (χ1v) is 8.85. The lowest BCUT2D eigenvalue weighted by Crippen LogP contribution is -2.46. The standard InChI is InChI=1S/C15H20BrNS/c16-13-3-1-11(2-4-13)12-9-15(10-12)17-14-5-7-18-8-6-14/h1-4,12,14-15,17H,5-10H2. The van der Waals surface area contributed by atoms with Gasteiger partial charge in [-0.1, -0.05) is 28.1 Å². The van der Waals surface area contributed by atoms with E-state index in [1.807, 2.05) is 0 Å². The molecule has 0 unspecified atom stereocenters. The third-order valence-corrected chi connectivity index (χ3v) is 5.75. The highest BCUT2D eigenvalue weighted by atomic mass is 79.9. The van der Waals surface area contributed by atoms with Crippen molar-refractivity contribution >= 4 is 27.7 Å². The SMILES string of the molecule is Brc1ccc(C2CC(NC3CCSCC3)C2)cc1. The molecular formula is C15H20BrNS. The van der Waals surface area contributed by atoms with E-state index in [4.69, 9.17) is 0 Å². The van der Waals surface area contributed by atoms with E-state index < -0.39 is 0 Å². The van der Waals surface area contributed by atoms with Gasteiger partial charge < -0.3 is 5.32 Å². The van der Waals surface area contributed by atoms with E-state index >= 15 is 0 Å². The van der Waals surface area contributed by atoms with Crippen LogP contribution in [0.2, 0.25) is 0 Å². The molecule has 0 amide bonds. The van der Waals surface area contributed by atoms with Crippen LogP contribution in [0.4, 0.5) is 0 Å².